The van der Waals surface area contributed by atoms with Crippen molar-refractivity contribution in [1.82, 2.24) is 9.88 Å². The standard InChI is InChI=1S/C14H22N2O2/c1-11(2)16-8-6-12(7-9-16)18-14-5-4-13(17-3)10-15-14/h4-5,10-12H,6-9H2,1-3H3. The average molecular weight is 250 g/mol. The van der Waals surface area contributed by atoms with Crippen LogP contribution < -0.4 is 9.47 Å². The number of nitrogens with zero attached hydrogens (tertiary/aromatic N) is 2. The molecule has 0 unspecified atom stereocenters. The van der Waals surface area contributed by atoms with E-state index in [1.165, 1.54) is 0 Å². The van der Waals surface area contributed by atoms with Crippen LogP contribution in [0, 0.1) is 0 Å². The Morgan fingerprint density at radius 2 is 2.00 bits per heavy atom. The molecule has 2 rings (SSSR count). The summed E-state index contributed by atoms with van der Waals surface area (Å²) in [6.45, 7) is 6.70. The molecule has 0 saturated carbocycles. The van der Waals surface area contributed by atoms with E-state index in [4.69, 9.17) is 9.47 Å². The maximum Gasteiger partial charge on any atom is 0.213 e. The number of piperidine rings is 1. The fourth-order valence-corrected chi connectivity index (χ4v) is 2.24. The van der Waals surface area contributed by atoms with Crippen molar-refractivity contribution in [2.24, 2.45) is 0 Å². The topological polar surface area (TPSA) is 34.6 Å². The summed E-state index contributed by atoms with van der Waals surface area (Å²) >= 11 is 0. The lowest BCUT2D eigenvalue weighted by atomic mass is 10.1. The van der Waals surface area contributed by atoms with Gasteiger partial charge in [-0.05, 0) is 32.8 Å². The van der Waals surface area contributed by atoms with Crippen LogP contribution in [0.15, 0.2) is 18.3 Å². The summed E-state index contributed by atoms with van der Waals surface area (Å²) in [6, 6.07) is 4.38. The van der Waals surface area contributed by atoms with E-state index in [0.29, 0.717) is 18.0 Å². The zero-order valence-corrected chi connectivity index (χ0v) is 11.4. The van der Waals surface area contributed by atoms with Gasteiger partial charge in [-0.2, -0.15) is 0 Å². The highest BCUT2D eigenvalue weighted by atomic mass is 16.5. The second kappa shape index (κ2) is 6.05. The minimum atomic E-state index is 0.292. The largest absolute Gasteiger partial charge is 0.495 e. The number of pyridine rings is 1. The summed E-state index contributed by atoms with van der Waals surface area (Å²) in [5.41, 5.74) is 0. The number of hydrogen-bond acceptors (Lipinski definition) is 4. The van der Waals surface area contributed by atoms with Crippen molar-refractivity contribution >= 4 is 0 Å². The monoisotopic (exact) mass is 250 g/mol. The lowest BCUT2D eigenvalue weighted by molar-refractivity contribution is 0.0812. The second-order valence-corrected chi connectivity index (χ2v) is 4.98. The third-order valence-corrected chi connectivity index (χ3v) is 3.44. The van der Waals surface area contributed by atoms with E-state index in [1.807, 2.05) is 12.1 Å². The van der Waals surface area contributed by atoms with Crippen LogP contribution in [-0.2, 0) is 0 Å². The molecule has 1 fully saturated rings. The third-order valence-electron chi connectivity index (χ3n) is 3.44. The molecular formula is C14H22N2O2. The molecule has 0 amide bonds. The fourth-order valence-electron chi connectivity index (χ4n) is 2.24. The molecule has 0 N–H and O–H groups in total. The first-order chi connectivity index (χ1) is 8.69. The van der Waals surface area contributed by atoms with Crippen LogP contribution >= 0.6 is 0 Å². The first-order valence-corrected chi connectivity index (χ1v) is 6.60. The molecule has 100 valence electrons. The van der Waals surface area contributed by atoms with E-state index in [1.54, 1.807) is 13.3 Å². The lowest BCUT2D eigenvalue weighted by Crippen LogP contribution is -2.41. The van der Waals surface area contributed by atoms with Gasteiger partial charge in [-0.3, -0.25) is 0 Å². The Kier molecular flexibility index (Phi) is 4.42. The molecule has 0 atom stereocenters. The number of likely N-dealkylation sites (tertiary alicyclic amines) is 1. The predicted octanol–water partition coefficient (Wildman–Crippen LogP) is 2.34. The van der Waals surface area contributed by atoms with Crippen molar-refractivity contribution in [2.75, 3.05) is 20.2 Å². The number of aromatic nitrogens is 1. The predicted molar refractivity (Wildman–Crippen MR) is 71.1 cm³/mol. The molecule has 1 aliphatic rings. The van der Waals surface area contributed by atoms with E-state index in [-0.39, 0.29) is 0 Å². The van der Waals surface area contributed by atoms with Crippen LogP contribution in [-0.4, -0.2) is 42.2 Å². The van der Waals surface area contributed by atoms with E-state index in [0.717, 1.165) is 31.7 Å². The van der Waals surface area contributed by atoms with Crippen LogP contribution in [0.4, 0.5) is 0 Å². The Morgan fingerprint density at radius 1 is 1.28 bits per heavy atom. The van der Waals surface area contributed by atoms with Crippen molar-refractivity contribution in [3.63, 3.8) is 0 Å². The number of hydrogen-bond donors (Lipinski definition) is 0. The molecule has 0 spiro atoms. The maximum absolute atomic E-state index is 5.89. The van der Waals surface area contributed by atoms with Gasteiger partial charge in [-0.1, -0.05) is 0 Å². The Balaban J connectivity index is 1.83. The van der Waals surface area contributed by atoms with Gasteiger partial charge in [-0.25, -0.2) is 4.98 Å². The van der Waals surface area contributed by atoms with Gasteiger partial charge in [0.2, 0.25) is 5.88 Å². The van der Waals surface area contributed by atoms with Crippen molar-refractivity contribution < 1.29 is 9.47 Å². The van der Waals surface area contributed by atoms with Crippen molar-refractivity contribution in [3.05, 3.63) is 18.3 Å². The molecule has 1 aliphatic heterocycles. The van der Waals surface area contributed by atoms with Gasteiger partial charge < -0.3 is 14.4 Å². The van der Waals surface area contributed by atoms with Gasteiger partial charge in [0.05, 0.1) is 13.3 Å². The molecule has 4 nitrogen and oxygen atoms in total. The molecule has 2 heterocycles. The molecule has 18 heavy (non-hydrogen) atoms. The van der Waals surface area contributed by atoms with Crippen LogP contribution in [0.1, 0.15) is 26.7 Å². The van der Waals surface area contributed by atoms with Crippen molar-refractivity contribution in [2.45, 2.75) is 38.8 Å². The molecule has 4 heteroatoms. The van der Waals surface area contributed by atoms with E-state index < -0.39 is 0 Å². The Hall–Kier alpha value is -1.29. The maximum atomic E-state index is 5.89. The van der Waals surface area contributed by atoms with E-state index in [9.17, 15) is 0 Å². The van der Waals surface area contributed by atoms with E-state index in [2.05, 4.69) is 23.7 Å². The van der Waals surface area contributed by atoms with Gasteiger partial charge in [0.25, 0.3) is 0 Å². The molecule has 1 aromatic rings. The third kappa shape index (κ3) is 3.35. The highest BCUT2D eigenvalue weighted by molar-refractivity contribution is 5.22. The quantitative estimate of drug-likeness (QED) is 0.821. The summed E-state index contributed by atoms with van der Waals surface area (Å²) in [5.74, 6) is 1.45. The zero-order valence-electron chi connectivity index (χ0n) is 11.4. The molecular weight excluding hydrogens is 228 g/mol. The minimum Gasteiger partial charge on any atom is -0.495 e. The van der Waals surface area contributed by atoms with Crippen LogP contribution in [0.2, 0.25) is 0 Å². The first kappa shape index (κ1) is 13.1. The minimum absolute atomic E-state index is 0.292. The molecule has 0 aliphatic carbocycles. The van der Waals surface area contributed by atoms with Crippen LogP contribution in [0.5, 0.6) is 11.6 Å². The summed E-state index contributed by atoms with van der Waals surface area (Å²) in [6.07, 6.45) is 4.14. The smallest absolute Gasteiger partial charge is 0.213 e. The van der Waals surface area contributed by atoms with Gasteiger partial charge in [0.1, 0.15) is 11.9 Å². The zero-order chi connectivity index (χ0) is 13.0. The van der Waals surface area contributed by atoms with Crippen molar-refractivity contribution in [3.8, 4) is 11.6 Å². The number of methoxy groups -OCH3 is 1. The SMILES string of the molecule is COc1ccc(OC2CCN(C(C)C)CC2)nc1. The van der Waals surface area contributed by atoms with Gasteiger partial charge in [-0.15, -0.1) is 0 Å². The summed E-state index contributed by atoms with van der Waals surface area (Å²) in [4.78, 5) is 6.72. The van der Waals surface area contributed by atoms with E-state index >= 15 is 0 Å². The molecule has 0 radical (unpaired) electrons. The Bertz CT molecular complexity index is 357. The highest BCUT2D eigenvalue weighted by Crippen LogP contribution is 2.20. The van der Waals surface area contributed by atoms with Gasteiger partial charge in [0.15, 0.2) is 0 Å². The summed E-state index contributed by atoms with van der Waals surface area (Å²) in [7, 11) is 1.64. The highest BCUT2D eigenvalue weighted by Gasteiger charge is 2.22. The fraction of sp³-hybridized carbons (Fsp3) is 0.643. The van der Waals surface area contributed by atoms with Gasteiger partial charge >= 0.3 is 0 Å². The average Bonchev–Trinajstić information content (AvgIpc) is 2.40. The van der Waals surface area contributed by atoms with Crippen LogP contribution in [0.25, 0.3) is 0 Å². The normalized spacial score (nSPS) is 18.0. The van der Waals surface area contributed by atoms with Crippen molar-refractivity contribution in [1.29, 1.82) is 0 Å². The molecule has 0 aromatic carbocycles. The molecule has 0 bridgehead atoms. The second-order valence-electron chi connectivity index (χ2n) is 4.98. The molecule has 1 aromatic heterocycles. The van der Waals surface area contributed by atoms with Gasteiger partial charge in [0, 0.05) is 25.2 Å². The summed E-state index contributed by atoms with van der Waals surface area (Å²) in [5, 5.41) is 0. The number of rotatable bonds is 4. The summed E-state index contributed by atoms with van der Waals surface area (Å²) < 4.78 is 11.0. The van der Waals surface area contributed by atoms with Crippen LogP contribution in [0.3, 0.4) is 0 Å². The Morgan fingerprint density at radius 3 is 2.50 bits per heavy atom. The first-order valence-electron chi connectivity index (χ1n) is 6.60. The number of ether oxygens (including phenoxy) is 2. The Labute approximate surface area is 109 Å². The lowest BCUT2D eigenvalue weighted by Gasteiger charge is -2.34. The molecule has 1 saturated heterocycles.